The smallest absolute Gasteiger partial charge is 0.296 e. The summed E-state index contributed by atoms with van der Waals surface area (Å²) in [6.07, 6.45) is 1.37. The first-order chi connectivity index (χ1) is 11.5. The Morgan fingerprint density at radius 3 is 2.83 bits per heavy atom. The first-order valence-electron chi connectivity index (χ1n) is 7.59. The van der Waals surface area contributed by atoms with Gasteiger partial charge < -0.3 is 16.2 Å². The zero-order chi connectivity index (χ0) is 17.3. The number of nitrogens with two attached hydrogens (primary N) is 1. The number of fused-ring (bicyclic) bond motifs is 1. The molecule has 8 heteroatoms. The quantitative estimate of drug-likeness (QED) is 0.770. The number of hydrogen-bond donors (Lipinski definition) is 3. The fourth-order valence-corrected chi connectivity index (χ4v) is 2.69. The largest absolute Gasteiger partial charge is 0.501 e. The van der Waals surface area contributed by atoms with Crippen molar-refractivity contribution in [2.45, 2.75) is 32.0 Å². The lowest BCUT2D eigenvalue weighted by Gasteiger charge is -2.23. The third-order valence-corrected chi connectivity index (χ3v) is 3.98. The molecule has 1 aromatic carbocycles. The van der Waals surface area contributed by atoms with Gasteiger partial charge >= 0.3 is 0 Å². The summed E-state index contributed by atoms with van der Waals surface area (Å²) in [5.41, 5.74) is 5.61. The van der Waals surface area contributed by atoms with Crippen molar-refractivity contribution in [3.8, 4) is 5.75 Å². The molecular weight excluding hydrogens is 315 g/mol. The van der Waals surface area contributed by atoms with E-state index in [1.807, 2.05) is 0 Å². The Bertz CT molecular complexity index is 832. The van der Waals surface area contributed by atoms with Crippen LogP contribution in [0.3, 0.4) is 0 Å². The predicted molar refractivity (Wildman–Crippen MR) is 83.9 cm³/mol. The van der Waals surface area contributed by atoms with Crippen molar-refractivity contribution in [2.24, 2.45) is 5.73 Å². The van der Waals surface area contributed by atoms with E-state index in [4.69, 9.17) is 5.73 Å². The molecular formula is C16H17FN4O3. The van der Waals surface area contributed by atoms with Crippen molar-refractivity contribution in [3.05, 3.63) is 57.5 Å². The number of benzene rings is 1. The first kappa shape index (κ1) is 16.1. The summed E-state index contributed by atoms with van der Waals surface area (Å²) in [5.74, 6) is -1.45. The fourth-order valence-electron chi connectivity index (χ4n) is 2.69. The van der Waals surface area contributed by atoms with E-state index in [9.17, 15) is 19.1 Å². The molecule has 0 aliphatic carbocycles. The molecule has 2 aromatic rings. The number of nitrogens with zero attached hydrogens (tertiary/aromatic N) is 2. The second-order valence-electron chi connectivity index (χ2n) is 5.68. The molecule has 7 nitrogen and oxygen atoms in total. The van der Waals surface area contributed by atoms with E-state index >= 15 is 0 Å². The van der Waals surface area contributed by atoms with E-state index in [1.165, 1.54) is 28.8 Å². The van der Waals surface area contributed by atoms with Crippen LogP contribution in [0.2, 0.25) is 0 Å². The Morgan fingerprint density at radius 2 is 2.12 bits per heavy atom. The summed E-state index contributed by atoms with van der Waals surface area (Å²) in [5, 5.41) is 12.5. The van der Waals surface area contributed by atoms with Gasteiger partial charge in [-0.05, 0) is 30.5 Å². The van der Waals surface area contributed by atoms with E-state index in [0.717, 1.165) is 0 Å². The number of nitrogens with one attached hydrogen (secondary N) is 1. The lowest BCUT2D eigenvalue weighted by molar-refractivity contribution is 0.0941. The topological polar surface area (TPSA) is 110 Å². The molecule has 1 atom stereocenters. The van der Waals surface area contributed by atoms with Crippen LogP contribution in [0.1, 0.15) is 40.8 Å². The third kappa shape index (κ3) is 3.00. The Labute approximate surface area is 136 Å². The van der Waals surface area contributed by atoms with Crippen LogP contribution in [0.15, 0.2) is 29.1 Å². The Balaban J connectivity index is 1.84. The monoisotopic (exact) mass is 332 g/mol. The van der Waals surface area contributed by atoms with Crippen LogP contribution in [-0.2, 0) is 13.1 Å². The molecule has 1 unspecified atom stereocenters. The number of carbonyl (C=O) groups excluding carboxylic acids is 1. The van der Waals surface area contributed by atoms with Crippen LogP contribution in [0, 0.1) is 5.82 Å². The molecule has 0 fully saturated rings. The number of halogens is 1. The van der Waals surface area contributed by atoms with Gasteiger partial charge in [0.05, 0.1) is 6.04 Å². The molecule has 1 aliphatic heterocycles. The Morgan fingerprint density at radius 1 is 1.42 bits per heavy atom. The average molecular weight is 332 g/mol. The summed E-state index contributed by atoms with van der Waals surface area (Å²) in [6.45, 7) is 0.532. The first-order valence-corrected chi connectivity index (χ1v) is 7.59. The number of amides is 1. The summed E-state index contributed by atoms with van der Waals surface area (Å²) in [6, 6.07) is 5.17. The van der Waals surface area contributed by atoms with E-state index in [-0.39, 0.29) is 18.1 Å². The number of aromatic hydroxyl groups is 1. The molecule has 4 N–H and O–H groups in total. The molecule has 1 aromatic heterocycles. The van der Waals surface area contributed by atoms with Gasteiger partial charge in [0.2, 0.25) is 5.75 Å². The maximum Gasteiger partial charge on any atom is 0.296 e. The molecule has 1 aliphatic rings. The number of carbonyl (C=O) groups is 1. The molecule has 24 heavy (non-hydrogen) atoms. The van der Waals surface area contributed by atoms with E-state index in [2.05, 4.69) is 10.3 Å². The van der Waals surface area contributed by atoms with Crippen molar-refractivity contribution < 1.29 is 14.3 Å². The van der Waals surface area contributed by atoms with Gasteiger partial charge in [0.15, 0.2) is 5.69 Å². The van der Waals surface area contributed by atoms with Crippen LogP contribution >= 0.6 is 0 Å². The molecule has 126 valence electrons. The minimum Gasteiger partial charge on any atom is -0.501 e. The predicted octanol–water partition coefficient (Wildman–Crippen LogP) is 0.812. The third-order valence-electron chi connectivity index (χ3n) is 3.98. The average Bonchev–Trinajstić information content (AvgIpc) is 2.58. The maximum atomic E-state index is 12.9. The second kappa shape index (κ2) is 6.40. The highest BCUT2D eigenvalue weighted by atomic mass is 19.1. The van der Waals surface area contributed by atoms with Gasteiger partial charge in [-0.25, -0.2) is 9.37 Å². The molecule has 0 saturated heterocycles. The summed E-state index contributed by atoms with van der Waals surface area (Å²) >= 11 is 0. The summed E-state index contributed by atoms with van der Waals surface area (Å²) in [7, 11) is 0. The van der Waals surface area contributed by atoms with E-state index < -0.39 is 23.3 Å². The van der Waals surface area contributed by atoms with Crippen molar-refractivity contribution in [1.29, 1.82) is 0 Å². The number of rotatable bonds is 3. The van der Waals surface area contributed by atoms with Gasteiger partial charge in [-0.15, -0.1) is 0 Å². The summed E-state index contributed by atoms with van der Waals surface area (Å²) < 4.78 is 14.2. The molecule has 0 radical (unpaired) electrons. The van der Waals surface area contributed by atoms with Crippen molar-refractivity contribution in [1.82, 2.24) is 14.9 Å². The molecule has 3 rings (SSSR count). The van der Waals surface area contributed by atoms with E-state index in [1.54, 1.807) is 0 Å². The van der Waals surface area contributed by atoms with Gasteiger partial charge in [0, 0.05) is 13.1 Å². The SMILES string of the molecule is NC1CCCn2c1nc(C(=O)NCc1ccc(F)cc1)c(O)c2=O. The Kier molecular flexibility index (Phi) is 4.30. The molecule has 0 spiro atoms. The minimum atomic E-state index is -0.690. The zero-order valence-electron chi connectivity index (χ0n) is 12.8. The summed E-state index contributed by atoms with van der Waals surface area (Å²) in [4.78, 5) is 28.5. The van der Waals surface area contributed by atoms with Crippen LogP contribution in [0.4, 0.5) is 4.39 Å². The zero-order valence-corrected chi connectivity index (χ0v) is 12.8. The van der Waals surface area contributed by atoms with Crippen LogP contribution in [0.5, 0.6) is 5.75 Å². The maximum absolute atomic E-state index is 12.9. The van der Waals surface area contributed by atoms with E-state index in [0.29, 0.717) is 30.8 Å². The van der Waals surface area contributed by atoms with Crippen LogP contribution < -0.4 is 16.6 Å². The van der Waals surface area contributed by atoms with Crippen LogP contribution in [-0.4, -0.2) is 20.6 Å². The van der Waals surface area contributed by atoms with Gasteiger partial charge in [-0.1, -0.05) is 12.1 Å². The van der Waals surface area contributed by atoms with Crippen LogP contribution in [0.25, 0.3) is 0 Å². The lowest BCUT2D eigenvalue weighted by Crippen LogP contribution is -2.36. The lowest BCUT2D eigenvalue weighted by atomic mass is 10.1. The number of hydrogen-bond acceptors (Lipinski definition) is 5. The molecule has 1 amide bonds. The Hall–Kier alpha value is -2.74. The molecule has 2 heterocycles. The number of aromatic nitrogens is 2. The van der Waals surface area contributed by atoms with Crippen molar-refractivity contribution >= 4 is 5.91 Å². The fraction of sp³-hybridized carbons (Fsp3) is 0.312. The normalized spacial score (nSPS) is 16.5. The highest BCUT2D eigenvalue weighted by molar-refractivity contribution is 5.94. The van der Waals surface area contributed by atoms with Gasteiger partial charge in [0.1, 0.15) is 11.6 Å². The highest BCUT2D eigenvalue weighted by Gasteiger charge is 2.26. The van der Waals surface area contributed by atoms with Gasteiger partial charge in [-0.2, -0.15) is 0 Å². The van der Waals surface area contributed by atoms with Gasteiger partial charge in [-0.3, -0.25) is 14.2 Å². The minimum absolute atomic E-state index is 0.116. The van der Waals surface area contributed by atoms with Crippen molar-refractivity contribution in [3.63, 3.8) is 0 Å². The molecule has 0 saturated carbocycles. The second-order valence-corrected chi connectivity index (χ2v) is 5.68. The van der Waals surface area contributed by atoms with Crippen molar-refractivity contribution in [2.75, 3.05) is 0 Å². The molecule has 0 bridgehead atoms. The highest BCUT2D eigenvalue weighted by Crippen LogP contribution is 2.22. The standard InChI is InChI=1S/C16H17FN4O3/c17-10-5-3-9(4-6-10)8-19-15(23)12-13(22)16(24)21-7-1-2-11(18)14(21)20-12/h3-6,11,22H,1-2,7-8,18H2,(H,19,23). The van der Waals surface area contributed by atoms with Gasteiger partial charge in [0.25, 0.3) is 11.5 Å².